The van der Waals surface area contributed by atoms with Crippen molar-refractivity contribution in [3.05, 3.63) is 22.7 Å². The molecule has 4 saturated heterocycles. The Morgan fingerprint density at radius 3 is 1.29 bits per heavy atom. The number of hydrogen-bond acceptors (Lipinski definition) is 34. The molecular formula is C73H126N12NaO31PS. The minimum absolute atomic E-state index is 0. The van der Waals surface area contributed by atoms with Crippen LogP contribution >= 0.6 is 6.72 Å². The summed E-state index contributed by atoms with van der Waals surface area (Å²) in [4.78, 5) is 146. The molecule has 22 atom stereocenters. The van der Waals surface area contributed by atoms with Crippen LogP contribution < -0.4 is 93.7 Å². The topological polar surface area (TPSA) is 640 Å². The molecule has 0 aliphatic carbocycles. The molecule has 1 aromatic heterocycles. The van der Waals surface area contributed by atoms with E-state index in [9.17, 15) is 104 Å². The third kappa shape index (κ3) is 38.0. The summed E-state index contributed by atoms with van der Waals surface area (Å²) in [5.41, 5.74) is 4.86. The first-order valence-corrected chi connectivity index (χ1v) is 42.9. The molecule has 676 valence electrons. The van der Waals surface area contributed by atoms with Crippen molar-refractivity contribution in [3.8, 4) is 0 Å². The largest absolute Gasteiger partial charge is 1.00 e. The Hall–Kier alpha value is -5.28. The number of carbonyl (C=O) groups is 9. The fourth-order valence-corrected chi connectivity index (χ4v) is 14.6. The van der Waals surface area contributed by atoms with Gasteiger partial charge in [0, 0.05) is 106 Å². The quantitative estimate of drug-likeness (QED) is 0.0164. The van der Waals surface area contributed by atoms with Crippen LogP contribution in [0.3, 0.4) is 0 Å². The second-order valence-electron chi connectivity index (χ2n) is 29.4. The zero-order valence-corrected chi connectivity index (χ0v) is 72.1. The van der Waals surface area contributed by atoms with Gasteiger partial charge >= 0.3 is 35.2 Å². The molecule has 1 unspecified atom stereocenters. The molecule has 5 rings (SSSR count). The fraction of sp³-hybridized carbons (Fsp3) is 0.822. The summed E-state index contributed by atoms with van der Waals surface area (Å²) in [5.74, 6) is -4.18. The van der Waals surface area contributed by atoms with Crippen molar-refractivity contribution in [2.45, 2.75) is 297 Å². The Labute approximate surface area is 718 Å². The van der Waals surface area contributed by atoms with E-state index in [1.807, 2.05) is 0 Å². The summed E-state index contributed by atoms with van der Waals surface area (Å²) in [6, 6.07) is -4.44. The minimum Gasteiger partial charge on any atom is -0.780 e. The second kappa shape index (κ2) is 57.3. The maximum atomic E-state index is 14.5. The van der Waals surface area contributed by atoms with Gasteiger partial charge in [0.05, 0.1) is 33.0 Å². The zero-order valence-electron chi connectivity index (χ0n) is 68.4. The van der Waals surface area contributed by atoms with Crippen LogP contribution in [-0.2, 0) is 102 Å². The Bertz CT molecular complexity index is 3340. The number of amides is 9. The van der Waals surface area contributed by atoms with Crippen LogP contribution in [0.4, 0.5) is 5.82 Å². The van der Waals surface area contributed by atoms with E-state index >= 15 is 0 Å². The number of nitrogens with one attached hydrogen (secondary N) is 9. The third-order valence-electron chi connectivity index (χ3n) is 19.9. The molecule has 0 saturated carbocycles. The van der Waals surface area contributed by atoms with Gasteiger partial charge < -0.3 is 156 Å². The van der Waals surface area contributed by atoms with Gasteiger partial charge in [-0.15, -0.1) is 0 Å². The molecule has 9 amide bonds. The van der Waals surface area contributed by atoms with Gasteiger partial charge in [-0.2, -0.15) is 4.98 Å². The number of nitrogens with two attached hydrogens (primary N) is 1. The zero-order chi connectivity index (χ0) is 86.9. The van der Waals surface area contributed by atoms with Crippen LogP contribution in [0, 0.1) is 0 Å². The van der Waals surface area contributed by atoms with Crippen molar-refractivity contribution in [2.24, 2.45) is 0 Å². The number of aliphatic hydroxyl groups is 10. The second-order valence-corrected chi connectivity index (χ2v) is 32.1. The molecule has 0 bridgehead atoms. The minimum atomic E-state index is -4.01. The number of nitrogen functional groups attached to an aromatic ring is 1. The van der Waals surface area contributed by atoms with Gasteiger partial charge in [0.2, 0.25) is 53.2 Å². The molecule has 0 spiro atoms. The summed E-state index contributed by atoms with van der Waals surface area (Å²) < 4.78 is 57.1. The van der Waals surface area contributed by atoms with Crippen molar-refractivity contribution in [3.63, 3.8) is 0 Å². The first-order chi connectivity index (χ1) is 56.3. The predicted octanol–water partition coefficient (Wildman–Crippen LogP) is -8.99. The number of methoxy groups -OCH3 is 1. The van der Waals surface area contributed by atoms with Crippen molar-refractivity contribution >= 4 is 77.5 Å². The van der Waals surface area contributed by atoms with Crippen LogP contribution in [0.5, 0.6) is 0 Å². The Balaban J connectivity index is 0.0000298. The van der Waals surface area contributed by atoms with Gasteiger partial charge in [-0.3, -0.25) is 47.7 Å². The van der Waals surface area contributed by atoms with Crippen molar-refractivity contribution in [2.75, 3.05) is 91.9 Å². The van der Waals surface area contributed by atoms with Gasteiger partial charge in [0.15, 0.2) is 25.1 Å². The van der Waals surface area contributed by atoms with E-state index in [1.54, 1.807) is 0 Å². The molecule has 4 aliphatic heterocycles. The first kappa shape index (κ1) is 106. The Morgan fingerprint density at radius 2 is 0.874 bits per heavy atom. The molecule has 4 aliphatic rings. The molecular weight excluding hydrogens is 1630 g/mol. The molecule has 4 fully saturated rings. The maximum Gasteiger partial charge on any atom is 1.00 e. The molecule has 1 aromatic rings. The summed E-state index contributed by atoms with van der Waals surface area (Å²) in [6.45, 7) is -1.81. The number of anilines is 1. The monoisotopic (exact) mass is 1750 g/mol. The average molecular weight is 1750 g/mol. The molecule has 5 heterocycles. The van der Waals surface area contributed by atoms with Gasteiger partial charge in [-0.25, -0.2) is 4.79 Å². The molecule has 119 heavy (non-hydrogen) atoms. The van der Waals surface area contributed by atoms with Gasteiger partial charge in [-0.05, 0) is 109 Å². The van der Waals surface area contributed by atoms with E-state index in [0.717, 1.165) is 4.57 Å². The molecule has 43 nitrogen and oxygen atoms in total. The van der Waals surface area contributed by atoms with Crippen molar-refractivity contribution in [1.29, 1.82) is 0 Å². The maximum absolute atomic E-state index is 14.5. The number of aliphatic hydroxyl groups excluding tert-OH is 10. The number of rotatable bonds is 57. The van der Waals surface area contributed by atoms with Crippen LogP contribution in [-0.4, -0.2) is 322 Å². The molecule has 0 radical (unpaired) electrons. The predicted molar refractivity (Wildman–Crippen MR) is 416 cm³/mol. The average Bonchev–Trinajstić information content (AvgIpc) is 1.79. The summed E-state index contributed by atoms with van der Waals surface area (Å²) in [7, 11) is 1.32. The van der Waals surface area contributed by atoms with E-state index in [-0.39, 0.29) is 157 Å². The van der Waals surface area contributed by atoms with Gasteiger partial charge in [0.1, 0.15) is 116 Å². The summed E-state index contributed by atoms with van der Waals surface area (Å²) in [5, 5.41) is 127. The fourth-order valence-electron chi connectivity index (χ4n) is 13.4. The van der Waals surface area contributed by atoms with Crippen LogP contribution in [0.1, 0.15) is 175 Å². The van der Waals surface area contributed by atoms with E-state index in [1.165, 1.54) is 40.1 Å². The third-order valence-corrected chi connectivity index (χ3v) is 21.5. The summed E-state index contributed by atoms with van der Waals surface area (Å²) >= 11 is 5.05. The summed E-state index contributed by atoms with van der Waals surface area (Å²) in [6.07, 6.45) is -12.0. The van der Waals surface area contributed by atoms with Gasteiger partial charge in [-0.1, -0.05) is 31.1 Å². The van der Waals surface area contributed by atoms with Gasteiger partial charge in [0.25, 0.3) is 0 Å². The normalized spacial score (nSPS) is 27.1. The number of aromatic nitrogens is 2. The van der Waals surface area contributed by atoms with Crippen LogP contribution in [0.25, 0.3) is 0 Å². The van der Waals surface area contributed by atoms with Crippen molar-refractivity contribution < 1.29 is 176 Å². The molecule has 46 heteroatoms. The SMILES string of the molecule is CO[C@@H]1[C@H](O)[C@@H](COP([O-])(=S)OCCCCCCNC(=O)CCCCCNC(=O)[C@H](CCCCNC(=O)CCCCO[C@@H]2O[C@H](CO)[C@H](O)[C@H](O)[C@H]2NC(C)=O)NC(=O)[C@H](CCCCNC(=O)CCCCO[C@@H]2O[C@H](CO)[C@H](O)[C@H](O)[C@H]2NC(C)=O)NC(=O)CCCCO[C@@H]2O[C@H](CO)[C@H](O)[C@H](O)[C@H]2NC(C)=O)O[C@H]1n1ccc(N)nc1=O.[Na+]. The Kier molecular flexibility index (Phi) is 51.1. The van der Waals surface area contributed by atoms with E-state index in [4.69, 9.17) is 64.5 Å². The molecule has 0 aromatic carbocycles. The van der Waals surface area contributed by atoms with E-state index in [0.29, 0.717) is 96.4 Å². The van der Waals surface area contributed by atoms with Crippen LogP contribution in [0.2, 0.25) is 0 Å². The van der Waals surface area contributed by atoms with E-state index in [2.05, 4.69) is 52.8 Å². The molecule has 21 N–H and O–H groups in total. The van der Waals surface area contributed by atoms with Crippen molar-refractivity contribution in [1.82, 2.24) is 57.4 Å². The standard InChI is InChI=1S/C73H127N12O31PS.Na/c1-42(89)79-56-63(100)59(96)47(38-86)114-70(56)108-34-19-11-25-53(93)76-30-16-9-22-45(67(103)78-32-15-7-8-24-52(92)75-29-14-5-6-18-37-111-117(106,118)112-41-50-62(99)66(107-4)69(113-50)85-33-28-51(74)84-73(85)105)83-68(104)46(82-55(95)27-13-21-36-110-72-58(81-44(3)91)65(102)61(98)49(40-88)116-72)23-10-17-31-77-54(94)26-12-20-35-109-71-57(80-43(2)90)64(101)60(97)48(39-87)115-71;/h28,33,45-50,56-66,69-72,86-88,96-102H,5-27,29-32,34-41H2,1-4H3,(H,75,92)(H,76,93)(H,77,94)(H,78,103)(H,79,89)(H,80,90)(H,81,91)(H,82,95)(H,83,104)(H,106,118)(H2,74,84,105);/q;+1/p-1/t45-,46-,47+,48+,49+,50+,56+,57+,58+,59-,60-,61-,62+,63+,64+,65+,66+,69+,70+,71+,72+,117?;/m0./s1. The number of nitrogens with zero attached hydrogens (tertiary/aromatic N) is 2. The number of ether oxygens (including phenoxy) is 8. The van der Waals surface area contributed by atoms with E-state index < -0.39 is 203 Å². The smallest absolute Gasteiger partial charge is 0.780 e. The van der Waals surface area contributed by atoms with Crippen LogP contribution in [0.15, 0.2) is 17.1 Å². The Morgan fingerprint density at radius 1 is 0.496 bits per heavy atom. The first-order valence-electron chi connectivity index (χ1n) is 40.4. The number of hydrogen-bond donors (Lipinski definition) is 20. The number of unbranched alkanes of at least 4 members (excludes halogenated alkanes) is 10. The number of carbonyl (C=O) groups excluding carboxylic acids is 9.